The Morgan fingerprint density at radius 3 is 2.32 bits per heavy atom. The summed E-state index contributed by atoms with van der Waals surface area (Å²) in [7, 11) is 0. The largest absolute Gasteiger partial charge is 0.480 e. The Balaban J connectivity index is 1.57. The molecule has 0 heterocycles. The highest BCUT2D eigenvalue weighted by molar-refractivity contribution is 7.99. The van der Waals surface area contributed by atoms with Crippen molar-refractivity contribution in [3.8, 4) is 0 Å². The van der Waals surface area contributed by atoms with Gasteiger partial charge >= 0.3 is 11.9 Å². The van der Waals surface area contributed by atoms with Crippen molar-refractivity contribution in [2.75, 3.05) is 12.3 Å². The highest BCUT2D eigenvalue weighted by Crippen LogP contribution is 2.39. The van der Waals surface area contributed by atoms with Crippen LogP contribution in [0.1, 0.15) is 18.4 Å². The first-order valence-corrected chi connectivity index (χ1v) is 12.7. The molecule has 0 aliphatic carbocycles. The standard InChI is InChI=1S/C27H27N3O6S/c1-14-18-8-7-16-4-2-3-15-5-6-17(25(18)24(15)16)11-21(14)37-13-20(26(34)29-12-23(32)33)30-22(31)10-9-19(28)27(35)36/h2-8,11,19-20H,9-10,12-13,28H2,1H3,(H,29,34)(H,30,31)(H,32,33)(H,35,36)/t19-,20-/m0/s1. The van der Waals surface area contributed by atoms with Gasteiger partial charge in [0.05, 0.1) is 0 Å². The fourth-order valence-corrected chi connectivity index (χ4v) is 5.51. The number of nitrogens with two attached hydrogens (primary N) is 1. The number of thioether (sulfide) groups is 1. The molecule has 2 amide bonds. The molecule has 0 bridgehead atoms. The molecule has 0 saturated carbocycles. The maximum absolute atomic E-state index is 12.7. The van der Waals surface area contributed by atoms with Gasteiger partial charge in [-0.2, -0.15) is 0 Å². The van der Waals surface area contributed by atoms with Crippen LogP contribution in [0.15, 0.2) is 53.4 Å². The summed E-state index contributed by atoms with van der Waals surface area (Å²) in [5.74, 6) is -3.46. The Bertz CT molecular complexity index is 1490. The number of aryl methyl sites for hydroxylation is 1. The van der Waals surface area contributed by atoms with E-state index in [0.29, 0.717) is 0 Å². The van der Waals surface area contributed by atoms with E-state index in [0.717, 1.165) is 32.0 Å². The fraction of sp³-hybridized carbons (Fsp3) is 0.259. The second-order valence-electron chi connectivity index (χ2n) is 8.88. The molecule has 0 aliphatic heterocycles. The topological polar surface area (TPSA) is 159 Å². The number of hydrogen-bond acceptors (Lipinski definition) is 6. The quantitative estimate of drug-likeness (QED) is 0.149. The van der Waals surface area contributed by atoms with Gasteiger partial charge in [0.25, 0.3) is 0 Å². The third-order valence-corrected chi connectivity index (χ3v) is 7.57. The Hall–Kier alpha value is -3.89. The molecule has 0 radical (unpaired) electrons. The number of benzene rings is 4. The lowest BCUT2D eigenvalue weighted by atomic mass is 9.92. The summed E-state index contributed by atoms with van der Waals surface area (Å²) in [6.07, 6.45) is -0.270. The molecule has 9 nitrogen and oxygen atoms in total. The monoisotopic (exact) mass is 521 g/mol. The lowest BCUT2D eigenvalue weighted by Crippen LogP contribution is -2.49. The molecular weight excluding hydrogens is 494 g/mol. The van der Waals surface area contributed by atoms with Crippen LogP contribution in [0.2, 0.25) is 0 Å². The van der Waals surface area contributed by atoms with E-state index >= 15 is 0 Å². The van der Waals surface area contributed by atoms with Gasteiger partial charge in [-0.1, -0.05) is 42.5 Å². The van der Waals surface area contributed by atoms with Crippen LogP contribution in [0.5, 0.6) is 0 Å². The number of carboxylic acid groups (broad SMARTS) is 2. The molecule has 4 aromatic carbocycles. The third-order valence-electron chi connectivity index (χ3n) is 6.34. The Morgan fingerprint density at radius 1 is 0.973 bits per heavy atom. The van der Waals surface area contributed by atoms with Crippen molar-refractivity contribution in [1.82, 2.24) is 10.6 Å². The number of nitrogens with one attached hydrogen (secondary N) is 2. The summed E-state index contributed by atoms with van der Waals surface area (Å²) in [6.45, 7) is 1.43. The normalized spacial score (nSPS) is 13.0. The Kier molecular flexibility index (Phi) is 7.80. The number of aliphatic carboxylic acids is 2. The first-order chi connectivity index (χ1) is 17.7. The molecule has 4 aromatic rings. The van der Waals surface area contributed by atoms with Crippen LogP contribution in [0.25, 0.3) is 32.3 Å². The smallest absolute Gasteiger partial charge is 0.322 e. The summed E-state index contributed by atoms with van der Waals surface area (Å²) in [6, 6.07) is 14.4. The zero-order valence-electron chi connectivity index (χ0n) is 20.1. The lowest BCUT2D eigenvalue weighted by Gasteiger charge is -2.20. The molecule has 0 aromatic heterocycles. The van der Waals surface area contributed by atoms with Gasteiger partial charge in [-0.25, -0.2) is 0 Å². The summed E-state index contributed by atoms with van der Waals surface area (Å²) >= 11 is 1.38. The first-order valence-electron chi connectivity index (χ1n) is 11.7. The van der Waals surface area contributed by atoms with Crippen LogP contribution in [-0.2, 0) is 19.2 Å². The van der Waals surface area contributed by atoms with Gasteiger partial charge in [0, 0.05) is 17.1 Å². The molecule has 0 spiro atoms. The minimum absolute atomic E-state index is 0.0901. The van der Waals surface area contributed by atoms with E-state index in [1.807, 2.05) is 13.0 Å². The molecule has 0 unspecified atom stereocenters. The summed E-state index contributed by atoms with van der Waals surface area (Å²) < 4.78 is 0. The third kappa shape index (κ3) is 5.76. The highest BCUT2D eigenvalue weighted by Gasteiger charge is 2.23. The molecular formula is C27H27N3O6S. The predicted octanol–water partition coefficient (Wildman–Crippen LogP) is 2.86. The molecule has 2 atom stereocenters. The van der Waals surface area contributed by atoms with E-state index in [1.54, 1.807) is 0 Å². The number of carboxylic acids is 2. The first kappa shape index (κ1) is 26.2. The van der Waals surface area contributed by atoms with E-state index in [1.165, 1.54) is 22.5 Å². The molecule has 0 saturated heterocycles. The van der Waals surface area contributed by atoms with E-state index in [2.05, 4.69) is 53.1 Å². The maximum Gasteiger partial charge on any atom is 0.322 e. The number of amides is 2. The van der Waals surface area contributed by atoms with Gasteiger partial charge < -0.3 is 26.6 Å². The van der Waals surface area contributed by atoms with Gasteiger partial charge in [0.1, 0.15) is 18.6 Å². The van der Waals surface area contributed by atoms with Crippen molar-refractivity contribution in [3.05, 3.63) is 54.1 Å². The number of carbonyl (C=O) groups is 4. The van der Waals surface area contributed by atoms with E-state index < -0.39 is 42.4 Å². The van der Waals surface area contributed by atoms with E-state index in [4.69, 9.17) is 15.9 Å². The van der Waals surface area contributed by atoms with Crippen LogP contribution >= 0.6 is 11.8 Å². The van der Waals surface area contributed by atoms with Crippen LogP contribution in [0, 0.1) is 6.92 Å². The minimum atomic E-state index is -1.22. The molecule has 10 heteroatoms. The maximum atomic E-state index is 12.7. The molecule has 0 aliphatic rings. The second kappa shape index (κ2) is 11.0. The van der Waals surface area contributed by atoms with E-state index in [9.17, 15) is 19.2 Å². The minimum Gasteiger partial charge on any atom is -0.480 e. The Morgan fingerprint density at radius 2 is 1.65 bits per heavy atom. The van der Waals surface area contributed by atoms with Crippen LogP contribution in [0.4, 0.5) is 0 Å². The van der Waals surface area contributed by atoms with Crippen molar-refractivity contribution in [2.45, 2.75) is 36.7 Å². The molecule has 4 rings (SSSR count). The average molecular weight is 522 g/mol. The van der Waals surface area contributed by atoms with Crippen molar-refractivity contribution in [3.63, 3.8) is 0 Å². The van der Waals surface area contributed by atoms with E-state index in [-0.39, 0.29) is 18.6 Å². The summed E-state index contributed by atoms with van der Waals surface area (Å²) in [5.41, 5.74) is 6.51. The van der Waals surface area contributed by atoms with Gasteiger partial charge in [0.2, 0.25) is 11.8 Å². The van der Waals surface area contributed by atoms with Crippen molar-refractivity contribution in [1.29, 1.82) is 0 Å². The number of hydrogen-bond donors (Lipinski definition) is 5. The van der Waals surface area contributed by atoms with Crippen LogP contribution in [-0.4, -0.2) is 58.3 Å². The van der Waals surface area contributed by atoms with Crippen LogP contribution in [0.3, 0.4) is 0 Å². The molecule has 0 fully saturated rings. The zero-order valence-corrected chi connectivity index (χ0v) is 20.9. The van der Waals surface area contributed by atoms with Crippen molar-refractivity contribution >= 4 is 67.8 Å². The number of rotatable bonds is 11. The zero-order chi connectivity index (χ0) is 26.7. The second-order valence-corrected chi connectivity index (χ2v) is 9.94. The van der Waals surface area contributed by atoms with Gasteiger partial charge in [0.15, 0.2) is 0 Å². The van der Waals surface area contributed by atoms with Crippen molar-refractivity contribution in [2.24, 2.45) is 5.73 Å². The summed E-state index contributed by atoms with van der Waals surface area (Å²) in [4.78, 5) is 47.9. The fourth-order valence-electron chi connectivity index (χ4n) is 4.39. The number of carbonyl (C=O) groups excluding carboxylic acids is 2. The molecule has 6 N–H and O–H groups in total. The lowest BCUT2D eigenvalue weighted by molar-refractivity contribution is -0.139. The summed E-state index contributed by atoms with van der Waals surface area (Å²) in [5, 5.41) is 29.6. The van der Waals surface area contributed by atoms with Crippen LogP contribution < -0.4 is 16.4 Å². The van der Waals surface area contributed by atoms with Gasteiger partial charge in [-0.05, 0) is 57.3 Å². The van der Waals surface area contributed by atoms with Gasteiger partial charge in [-0.15, -0.1) is 11.8 Å². The predicted molar refractivity (Wildman–Crippen MR) is 143 cm³/mol. The van der Waals surface area contributed by atoms with Crippen molar-refractivity contribution < 1.29 is 29.4 Å². The SMILES string of the molecule is Cc1c(SC[C@H](NC(=O)CC[C@H](N)C(=O)O)C(=O)NCC(=O)O)cc2ccc3cccc4ccc1c2c34. The average Bonchev–Trinajstić information content (AvgIpc) is 2.88. The Labute approximate surface area is 216 Å². The van der Waals surface area contributed by atoms with Gasteiger partial charge in [-0.3, -0.25) is 19.2 Å². The molecule has 192 valence electrons. The molecule has 37 heavy (non-hydrogen) atoms. The highest BCUT2D eigenvalue weighted by atomic mass is 32.2.